The van der Waals surface area contributed by atoms with Crippen LogP contribution >= 0.6 is 0 Å². The molecular formula is C20H22N4O4S. The average Bonchev–Trinajstić information content (AvgIpc) is 3.37. The summed E-state index contributed by atoms with van der Waals surface area (Å²) in [5, 5.41) is 6.91. The second-order valence-electron chi connectivity index (χ2n) is 7.01. The fraction of sp³-hybridized carbons (Fsp3) is 0.300. The fourth-order valence-corrected chi connectivity index (χ4v) is 4.86. The number of piperazine rings is 1. The summed E-state index contributed by atoms with van der Waals surface area (Å²) in [5.74, 6) is 1.13. The normalized spacial score (nSPS) is 15.6. The number of nitrogens with zero attached hydrogens (tertiary/aromatic N) is 3. The molecule has 1 aliphatic heterocycles. The number of aryl methyl sites for hydroxylation is 1. The van der Waals surface area contributed by atoms with Gasteiger partial charge >= 0.3 is 0 Å². The van der Waals surface area contributed by atoms with Crippen LogP contribution in [0.1, 0.15) is 21.8 Å². The quantitative estimate of drug-likeness (QED) is 0.690. The molecule has 1 amide bonds. The van der Waals surface area contributed by atoms with Gasteiger partial charge in [0.2, 0.25) is 10.0 Å². The number of sulfonamides is 1. The van der Waals surface area contributed by atoms with Crippen molar-refractivity contribution < 1.29 is 17.6 Å². The van der Waals surface area contributed by atoms with Gasteiger partial charge in [0.05, 0.1) is 5.75 Å². The van der Waals surface area contributed by atoms with Crippen LogP contribution in [0.5, 0.6) is 0 Å². The monoisotopic (exact) mass is 414 g/mol. The van der Waals surface area contributed by atoms with Gasteiger partial charge in [0.15, 0.2) is 11.5 Å². The number of carbonyl (C=O) groups is 1. The minimum atomic E-state index is -3.42. The molecule has 0 bridgehead atoms. The predicted molar refractivity (Wildman–Crippen MR) is 108 cm³/mol. The van der Waals surface area contributed by atoms with E-state index in [1.165, 1.54) is 4.31 Å². The largest absolute Gasteiger partial charge is 0.460 e. The van der Waals surface area contributed by atoms with E-state index in [-0.39, 0.29) is 30.4 Å². The van der Waals surface area contributed by atoms with Gasteiger partial charge in [-0.3, -0.25) is 9.89 Å². The second-order valence-corrected chi connectivity index (χ2v) is 8.98. The molecule has 0 radical (unpaired) electrons. The molecule has 8 nitrogen and oxygen atoms in total. The first-order chi connectivity index (χ1) is 13.9. The van der Waals surface area contributed by atoms with Crippen LogP contribution in [0.15, 0.2) is 52.9 Å². The second kappa shape index (κ2) is 7.84. The number of furan rings is 1. The molecule has 3 aromatic rings. The van der Waals surface area contributed by atoms with Crippen LogP contribution in [-0.4, -0.2) is 59.9 Å². The van der Waals surface area contributed by atoms with Crippen LogP contribution in [0.25, 0.3) is 11.5 Å². The molecule has 1 aliphatic rings. The lowest BCUT2D eigenvalue weighted by atomic mass is 10.2. The standard InChI is InChI=1S/C20H22N4O4S/c1-15-7-8-19(28-15)17-13-18(22-21-17)20(25)23-9-11-24(12-10-23)29(26,27)14-16-5-3-2-4-6-16/h2-8,13H,9-12,14H2,1H3,(H,21,22). The summed E-state index contributed by atoms with van der Waals surface area (Å²) in [4.78, 5) is 14.4. The zero-order chi connectivity index (χ0) is 20.4. The van der Waals surface area contributed by atoms with Gasteiger partial charge in [0.1, 0.15) is 11.5 Å². The van der Waals surface area contributed by atoms with E-state index < -0.39 is 10.0 Å². The van der Waals surface area contributed by atoms with E-state index in [1.54, 1.807) is 23.1 Å². The molecule has 1 aromatic carbocycles. The van der Waals surface area contributed by atoms with E-state index in [4.69, 9.17) is 4.42 Å². The van der Waals surface area contributed by atoms with Crippen molar-refractivity contribution in [3.63, 3.8) is 0 Å². The summed E-state index contributed by atoms with van der Waals surface area (Å²) in [6.07, 6.45) is 0. The van der Waals surface area contributed by atoms with Crippen LogP contribution < -0.4 is 0 Å². The Morgan fingerprint density at radius 3 is 2.48 bits per heavy atom. The van der Waals surface area contributed by atoms with Crippen LogP contribution in [0.4, 0.5) is 0 Å². The van der Waals surface area contributed by atoms with Crippen molar-refractivity contribution in [2.24, 2.45) is 0 Å². The van der Waals surface area contributed by atoms with E-state index in [2.05, 4.69) is 10.2 Å². The minimum absolute atomic E-state index is 0.0346. The number of aromatic nitrogens is 2. The SMILES string of the molecule is Cc1ccc(-c2cc(C(=O)N3CCN(S(=O)(=O)Cc4ccccc4)CC3)n[nH]2)o1. The minimum Gasteiger partial charge on any atom is -0.460 e. The molecule has 2 aromatic heterocycles. The lowest BCUT2D eigenvalue weighted by Gasteiger charge is -2.33. The molecule has 1 saturated heterocycles. The van der Waals surface area contributed by atoms with E-state index in [1.807, 2.05) is 37.3 Å². The van der Waals surface area contributed by atoms with Crippen molar-refractivity contribution >= 4 is 15.9 Å². The van der Waals surface area contributed by atoms with Crippen molar-refractivity contribution in [3.05, 3.63) is 65.5 Å². The van der Waals surface area contributed by atoms with Crippen molar-refractivity contribution in [1.29, 1.82) is 0 Å². The summed E-state index contributed by atoms with van der Waals surface area (Å²) in [5.41, 5.74) is 1.67. The highest BCUT2D eigenvalue weighted by Crippen LogP contribution is 2.21. The molecule has 4 rings (SSSR count). The van der Waals surface area contributed by atoms with Gasteiger partial charge in [-0.25, -0.2) is 8.42 Å². The zero-order valence-electron chi connectivity index (χ0n) is 16.0. The molecule has 1 fully saturated rings. The van der Waals surface area contributed by atoms with E-state index in [9.17, 15) is 13.2 Å². The lowest BCUT2D eigenvalue weighted by Crippen LogP contribution is -2.50. The summed E-state index contributed by atoms with van der Waals surface area (Å²) in [7, 11) is -3.42. The van der Waals surface area contributed by atoms with Gasteiger partial charge in [0, 0.05) is 32.2 Å². The number of H-pyrrole nitrogens is 1. The van der Waals surface area contributed by atoms with Gasteiger partial charge in [-0.2, -0.15) is 9.40 Å². The van der Waals surface area contributed by atoms with E-state index in [0.717, 1.165) is 11.3 Å². The first kappa shape index (κ1) is 19.4. The molecule has 0 aliphatic carbocycles. The Bertz CT molecular complexity index is 1100. The smallest absolute Gasteiger partial charge is 0.274 e. The van der Waals surface area contributed by atoms with Crippen molar-refractivity contribution in [2.75, 3.05) is 26.2 Å². The molecule has 0 unspecified atom stereocenters. The Hall–Kier alpha value is -2.91. The lowest BCUT2D eigenvalue weighted by molar-refractivity contribution is 0.0692. The van der Waals surface area contributed by atoms with Crippen molar-refractivity contribution in [3.8, 4) is 11.5 Å². The third kappa shape index (κ3) is 4.25. The molecule has 0 atom stereocenters. The maximum Gasteiger partial charge on any atom is 0.274 e. The molecule has 9 heteroatoms. The first-order valence-corrected chi connectivity index (χ1v) is 11.0. The number of hydrogen-bond acceptors (Lipinski definition) is 5. The molecule has 1 N–H and O–H groups in total. The number of nitrogens with one attached hydrogen (secondary N) is 1. The summed E-state index contributed by atoms with van der Waals surface area (Å²) in [6, 6.07) is 14.4. The number of aromatic amines is 1. The molecule has 3 heterocycles. The fourth-order valence-electron chi connectivity index (χ4n) is 3.34. The van der Waals surface area contributed by atoms with Gasteiger partial charge < -0.3 is 9.32 Å². The van der Waals surface area contributed by atoms with Crippen molar-refractivity contribution in [2.45, 2.75) is 12.7 Å². The van der Waals surface area contributed by atoms with Crippen LogP contribution in [0, 0.1) is 6.92 Å². The molecular weight excluding hydrogens is 392 g/mol. The highest BCUT2D eigenvalue weighted by molar-refractivity contribution is 7.88. The predicted octanol–water partition coefficient (Wildman–Crippen LogP) is 2.27. The van der Waals surface area contributed by atoms with Gasteiger partial charge in [-0.05, 0) is 24.6 Å². The number of rotatable bonds is 5. The Labute approximate surface area is 169 Å². The van der Waals surface area contributed by atoms with Crippen LogP contribution in [0.3, 0.4) is 0 Å². The van der Waals surface area contributed by atoms with Crippen molar-refractivity contribution in [1.82, 2.24) is 19.4 Å². The third-order valence-electron chi connectivity index (χ3n) is 4.91. The molecule has 29 heavy (non-hydrogen) atoms. The van der Waals surface area contributed by atoms with Gasteiger partial charge in [-0.1, -0.05) is 30.3 Å². The maximum absolute atomic E-state index is 12.7. The summed E-state index contributed by atoms with van der Waals surface area (Å²) in [6.45, 7) is 3.05. The number of amides is 1. The van der Waals surface area contributed by atoms with E-state index in [0.29, 0.717) is 24.5 Å². The summed E-state index contributed by atoms with van der Waals surface area (Å²) >= 11 is 0. The first-order valence-electron chi connectivity index (χ1n) is 9.35. The topological polar surface area (TPSA) is 99.5 Å². The number of benzene rings is 1. The zero-order valence-corrected chi connectivity index (χ0v) is 16.9. The van der Waals surface area contributed by atoms with E-state index >= 15 is 0 Å². The van der Waals surface area contributed by atoms with Gasteiger partial charge in [-0.15, -0.1) is 0 Å². The molecule has 0 spiro atoms. The van der Waals surface area contributed by atoms with Crippen LogP contribution in [-0.2, 0) is 15.8 Å². The molecule has 0 saturated carbocycles. The average molecular weight is 414 g/mol. The Kier molecular flexibility index (Phi) is 5.25. The van der Waals surface area contributed by atoms with Gasteiger partial charge in [0.25, 0.3) is 5.91 Å². The maximum atomic E-state index is 12.7. The number of carbonyl (C=O) groups excluding carboxylic acids is 1. The highest BCUT2D eigenvalue weighted by atomic mass is 32.2. The number of hydrogen-bond donors (Lipinski definition) is 1. The third-order valence-corrected chi connectivity index (χ3v) is 6.76. The Balaban J connectivity index is 1.38. The molecule has 152 valence electrons. The highest BCUT2D eigenvalue weighted by Gasteiger charge is 2.30. The van der Waals surface area contributed by atoms with Crippen LogP contribution in [0.2, 0.25) is 0 Å². The summed E-state index contributed by atoms with van der Waals surface area (Å²) < 4.78 is 32.3. The Morgan fingerprint density at radius 1 is 1.10 bits per heavy atom. The Morgan fingerprint density at radius 2 is 1.83 bits per heavy atom.